The number of nitrogens with two attached hydrogens (primary N) is 1. The molecule has 1 aromatic rings. The maximum absolute atomic E-state index is 5.90. The van der Waals surface area contributed by atoms with E-state index in [0.717, 1.165) is 13.0 Å². The van der Waals surface area contributed by atoms with Gasteiger partial charge in [-0.05, 0) is 12.7 Å². The topological polar surface area (TPSA) is 64.2 Å². The van der Waals surface area contributed by atoms with Gasteiger partial charge < -0.3 is 5.73 Å². The Morgan fingerprint density at radius 3 is 2.87 bits per heavy atom. The zero-order chi connectivity index (χ0) is 11.3. The molecule has 0 atom stereocenters. The summed E-state index contributed by atoms with van der Waals surface area (Å²) < 4.78 is 0. The molecule has 0 aromatic carbocycles. The number of nitrogen functional groups attached to an aromatic ring is 1. The molecular formula is C9H13ClN4S. The van der Waals surface area contributed by atoms with Crippen molar-refractivity contribution in [3.05, 3.63) is 10.8 Å². The highest BCUT2D eigenvalue weighted by Crippen LogP contribution is 2.22. The molecule has 0 aliphatic rings. The van der Waals surface area contributed by atoms with E-state index in [-0.39, 0.29) is 0 Å². The molecule has 0 unspecified atom stereocenters. The average Bonchev–Trinajstić information content (AvgIpc) is 2.23. The highest BCUT2D eigenvalue weighted by atomic mass is 35.5. The van der Waals surface area contributed by atoms with Crippen LogP contribution in [0.1, 0.15) is 19.0 Å². The molecule has 0 fully saturated rings. The van der Waals surface area contributed by atoms with Crippen LogP contribution in [0.3, 0.4) is 0 Å². The van der Waals surface area contributed by atoms with Gasteiger partial charge in [0.2, 0.25) is 0 Å². The van der Waals surface area contributed by atoms with Gasteiger partial charge in [0.15, 0.2) is 11.0 Å². The van der Waals surface area contributed by atoms with Gasteiger partial charge in [-0.15, -0.1) is 11.8 Å². The second kappa shape index (κ2) is 5.92. The summed E-state index contributed by atoms with van der Waals surface area (Å²) in [4.78, 5) is 12.4. The van der Waals surface area contributed by atoms with Crippen molar-refractivity contribution in [3.63, 3.8) is 0 Å². The molecule has 0 amide bonds. The first-order valence-electron chi connectivity index (χ1n) is 4.55. The molecule has 0 radical (unpaired) electrons. The van der Waals surface area contributed by atoms with Crippen LogP contribution in [-0.2, 0) is 0 Å². The van der Waals surface area contributed by atoms with E-state index in [1.54, 1.807) is 6.21 Å². The van der Waals surface area contributed by atoms with Crippen molar-refractivity contribution in [1.82, 2.24) is 9.97 Å². The fraction of sp³-hybridized carbons (Fsp3) is 0.444. The van der Waals surface area contributed by atoms with Gasteiger partial charge in [0, 0.05) is 6.54 Å². The minimum absolute atomic E-state index is 0.364. The minimum Gasteiger partial charge on any atom is -0.382 e. The fourth-order valence-electron chi connectivity index (χ4n) is 0.929. The summed E-state index contributed by atoms with van der Waals surface area (Å²) in [6.45, 7) is 2.80. The molecule has 1 heterocycles. The van der Waals surface area contributed by atoms with Gasteiger partial charge in [-0.25, -0.2) is 9.97 Å². The number of nitrogens with zero attached hydrogens (tertiary/aromatic N) is 3. The molecule has 0 saturated carbocycles. The van der Waals surface area contributed by atoms with E-state index < -0.39 is 0 Å². The molecule has 82 valence electrons. The molecule has 0 spiro atoms. The first-order chi connectivity index (χ1) is 7.19. The largest absolute Gasteiger partial charge is 0.382 e. The lowest BCUT2D eigenvalue weighted by Crippen LogP contribution is -2.02. The predicted octanol–water partition coefficient (Wildman–Crippen LogP) is 2.26. The van der Waals surface area contributed by atoms with Gasteiger partial charge in [0.25, 0.3) is 0 Å². The van der Waals surface area contributed by atoms with Crippen LogP contribution in [0.2, 0.25) is 5.15 Å². The van der Waals surface area contributed by atoms with Crippen LogP contribution in [0.15, 0.2) is 10.0 Å². The molecule has 0 aliphatic carbocycles. The summed E-state index contributed by atoms with van der Waals surface area (Å²) >= 11 is 7.32. The fourth-order valence-corrected chi connectivity index (χ4v) is 1.70. The van der Waals surface area contributed by atoms with E-state index in [2.05, 4.69) is 21.9 Å². The third-order valence-corrected chi connectivity index (χ3v) is 2.69. The lowest BCUT2D eigenvalue weighted by Gasteiger charge is -2.03. The van der Waals surface area contributed by atoms with Crippen LogP contribution in [0.4, 0.5) is 5.82 Å². The second-order valence-corrected chi connectivity index (χ2v) is 3.98. The Kier molecular flexibility index (Phi) is 4.84. The van der Waals surface area contributed by atoms with Crippen molar-refractivity contribution in [2.24, 2.45) is 4.99 Å². The molecular weight excluding hydrogens is 232 g/mol. The second-order valence-electron chi connectivity index (χ2n) is 2.83. The Morgan fingerprint density at radius 1 is 1.53 bits per heavy atom. The standard InChI is InChI=1S/C9H13ClN4S/c1-3-4-12-5-6-8(11)14-9(15-2)7(10)13-6/h5H,3-4H2,1-2H3,(H2,11,14)/b12-5+. The molecule has 0 bridgehead atoms. The lowest BCUT2D eigenvalue weighted by molar-refractivity contribution is 0.935. The maximum atomic E-state index is 5.90. The number of anilines is 1. The molecule has 4 nitrogen and oxygen atoms in total. The van der Waals surface area contributed by atoms with Crippen molar-refractivity contribution in [2.75, 3.05) is 18.5 Å². The maximum Gasteiger partial charge on any atom is 0.162 e. The molecule has 6 heteroatoms. The van der Waals surface area contributed by atoms with E-state index in [1.807, 2.05) is 6.26 Å². The molecule has 2 N–H and O–H groups in total. The highest BCUT2D eigenvalue weighted by Gasteiger charge is 2.07. The number of hydrogen-bond donors (Lipinski definition) is 1. The summed E-state index contributed by atoms with van der Waals surface area (Å²) in [6, 6.07) is 0. The summed E-state index contributed by atoms with van der Waals surface area (Å²) in [5.41, 5.74) is 6.24. The number of hydrogen-bond acceptors (Lipinski definition) is 5. The van der Waals surface area contributed by atoms with Crippen molar-refractivity contribution >= 4 is 35.4 Å². The van der Waals surface area contributed by atoms with Crippen LogP contribution in [0.5, 0.6) is 0 Å². The normalized spacial score (nSPS) is 11.1. The quantitative estimate of drug-likeness (QED) is 0.652. The monoisotopic (exact) mass is 244 g/mol. The Morgan fingerprint density at radius 2 is 2.27 bits per heavy atom. The van der Waals surface area contributed by atoms with Gasteiger partial charge >= 0.3 is 0 Å². The number of rotatable bonds is 4. The van der Waals surface area contributed by atoms with Crippen LogP contribution >= 0.6 is 23.4 Å². The van der Waals surface area contributed by atoms with Crippen molar-refractivity contribution in [1.29, 1.82) is 0 Å². The van der Waals surface area contributed by atoms with Gasteiger partial charge in [0.1, 0.15) is 10.7 Å². The molecule has 0 saturated heterocycles. The average molecular weight is 245 g/mol. The van der Waals surface area contributed by atoms with E-state index in [0.29, 0.717) is 21.7 Å². The number of halogens is 1. The number of thioether (sulfide) groups is 1. The number of aliphatic imine (C=N–C) groups is 1. The Labute approximate surface area is 98.4 Å². The Hall–Kier alpha value is -0.810. The summed E-state index contributed by atoms with van der Waals surface area (Å²) in [6.07, 6.45) is 4.47. The van der Waals surface area contributed by atoms with Gasteiger partial charge in [0.05, 0.1) is 6.21 Å². The highest BCUT2D eigenvalue weighted by molar-refractivity contribution is 7.98. The van der Waals surface area contributed by atoms with Gasteiger partial charge in [-0.2, -0.15) is 0 Å². The summed E-state index contributed by atoms with van der Waals surface area (Å²) in [5, 5.41) is 1.01. The zero-order valence-electron chi connectivity index (χ0n) is 8.70. The third-order valence-electron chi connectivity index (χ3n) is 1.64. The molecule has 15 heavy (non-hydrogen) atoms. The van der Waals surface area contributed by atoms with Gasteiger partial charge in [-0.1, -0.05) is 18.5 Å². The van der Waals surface area contributed by atoms with Crippen molar-refractivity contribution < 1.29 is 0 Å². The smallest absolute Gasteiger partial charge is 0.162 e. The third kappa shape index (κ3) is 3.35. The molecule has 1 aromatic heterocycles. The first kappa shape index (κ1) is 12.3. The van der Waals surface area contributed by atoms with Gasteiger partial charge in [-0.3, -0.25) is 4.99 Å². The van der Waals surface area contributed by atoms with E-state index in [1.165, 1.54) is 11.8 Å². The molecule has 1 rings (SSSR count). The lowest BCUT2D eigenvalue weighted by atomic mass is 10.4. The number of aromatic nitrogens is 2. The SMILES string of the molecule is CCC/N=C/c1nc(Cl)c(SC)nc1N. The predicted molar refractivity (Wildman–Crippen MR) is 66.0 cm³/mol. The van der Waals surface area contributed by atoms with E-state index >= 15 is 0 Å². The molecule has 0 aliphatic heterocycles. The minimum atomic E-state index is 0.364. The summed E-state index contributed by atoms with van der Waals surface area (Å²) in [7, 11) is 0. The van der Waals surface area contributed by atoms with Crippen LogP contribution in [-0.4, -0.2) is 29.0 Å². The van der Waals surface area contributed by atoms with Crippen LogP contribution in [0.25, 0.3) is 0 Å². The first-order valence-corrected chi connectivity index (χ1v) is 6.16. The van der Waals surface area contributed by atoms with E-state index in [9.17, 15) is 0 Å². The van der Waals surface area contributed by atoms with Crippen LogP contribution in [0, 0.1) is 0 Å². The van der Waals surface area contributed by atoms with Crippen molar-refractivity contribution in [3.8, 4) is 0 Å². The van der Waals surface area contributed by atoms with Crippen molar-refractivity contribution in [2.45, 2.75) is 18.4 Å². The Bertz CT molecular complexity index is 367. The van der Waals surface area contributed by atoms with E-state index in [4.69, 9.17) is 17.3 Å². The summed E-state index contributed by atoms with van der Waals surface area (Å²) in [5.74, 6) is 0.364. The van der Waals surface area contributed by atoms with Crippen LogP contribution < -0.4 is 5.73 Å². The zero-order valence-corrected chi connectivity index (χ0v) is 10.3. The Balaban J connectivity index is 2.95.